The summed E-state index contributed by atoms with van der Waals surface area (Å²) in [4.78, 5) is 49.2. The monoisotopic (exact) mass is 1640 g/mol. The number of aryl methyl sites for hydroxylation is 3. The molecule has 1 atom stereocenters. The third-order valence-corrected chi connectivity index (χ3v) is 16.9. The van der Waals surface area contributed by atoms with E-state index in [1.165, 1.54) is 45.6 Å². The van der Waals surface area contributed by atoms with E-state index in [-0.39, 0.29) is 179 Å². The first-order chi connectivity index (χ1) is 53.1. The van der Waals surface area contributed by atoms with Crippen molar-refractivity contribution in [2.75, 3.05) is 179 Å². The van der Waals surface area contributed by atoms with E-state index in [1.54, 1.807) is 60.9 Å². The Hall–Kier alpha value is -8.25. The van der Waals surface area contributed by atoms with Gasteiger partial charge in [0, 0.05) is 81.6 Å². The van der Waals surface area contributed by atoms with Gasteiger partial charge in [0.05, 0.1) is 167 Å². The molecule has 2 spiro atoms. The van der Waals surface area contributed by atoms with Gasteiger partial charge in [0.2, 0.25) is 5.91 Å². The molecule has 0 radical (unpaired) electrons. The zero-order valence-corrected chi connectivity index (χ0v) is 65.6. The molecule has 656 valence electrons. The third-order valence-electron chi connectivity index (χ3n) is 16.9. The smallest absolute Gasteiger partial charge is 0.373 e. The molecule has 1 saturated heterocycles. The lowest BCUT2D eigenvalue weighted by Gasteiger charge is -2.47. The summed E-state index contributed by atoms with van der Waals surface area (Å²) in [6.07, 6.45) is 36.3. The first kappa shape index (κ1) is 115. The molecule has 1 unspecified atom stereocenters. The number of amides is 1. The van der Waals surface area contributed by atoms with Crippen LogP contribution >= 0.6 is 0 Å². The summed E-state index contributed by atoms with van der Waals surface area (Å²) in [7, 11) is 8.31. The van der Waals surface area contributed by atoms with Crippen molar-refractivity contribution in [2.24, 2.45) is 58.6 Å². The molecule has 2 aliphatic carbocycles. The maximum Gasteiger partial charge on any atom is 0.373 e. The van der Waals surface area contributed by atoms with Gasteiger partial charge in [-0.15, -0.1) is 34.6 Å². The Morgan fingerprint density at radius 2 is 0.965 bits per heavy atom. The zero-order valence-electron chi connectivity index (χ0n) is 65.6. The van der Waals surface area contributed by atoms with Crippen LogP contribution in [0.2, 0.25) is 0 Å². The van der Waals surface area contributed by atoms with Crippen LogP contribution in [0.4, 0.5) is 0 Å². The number of aliphatic hydroxyl groups is 1. The van der Waals surface area contributed by atoms with E-state index in [0.717, 1.165) is 51.5 Å². The molecule has 3 fully saturated rings. The molecule has 3 aromatic rings. The van der Waals surface area contributed by atoms with E-state index in [2.05, 4.69) is 105 Å². The number of ether oxygens (including phenoxy) is 13. The molecular formula is C76H138N20O19. The highest BCUT2D eigenvalue weighted by atomic mass is 16.6. The van der Waals surface area contributed by atoms with Crippen LogP contribution in [0.1, 0.15) is 165 Å². The molecular weight excluding hydrogens is 1500 g/mol. The number of methoxy groups -OCH3 is 1. The topological polar surface area (TPSA) is 482 Å². The predicted molar refractivity (Wildman–Crippen MR) is 431 cm³/mol. The number of carbonyl (C=O) groups is 2. The molecule has 39 heteroatoms. The fourth-order valence-corrected chi connectivity index (χ4v) is 11.8. The number of aliphatic hydroxyl groups excluding tert-OH is 1. The maximum absolute atomic E-state index is 12.7. The van der Waals surface area contributed by atoms with Gasteiger partial charge < -0.3 is 77.2 Å². The molecule has 3 N–H and O–H groups in total. The van der Waals surface area contributed by atoms with Gasteiger partial charge in [-0.1, -0.05) is 145 Å². The summed E-state index contributed by atoms with van der Waals surface area (Å²) in [6.45, 7) is 13.7. The van der Waals surface area contributed by atoms with Gasteiger partial charge >= 0.3 is 12.1 Å². The molecule has 3 aromatic heterocycles. The summed E-state index contributed by atoms with van der Waals surface area (Å²) in [6, 6.07) is 0. The number of rotatable bonds is 49. The SMILES string of the molecule is C.C.C.C.C.C#CCOCC(CO)(COCC#C)COCC#C.CC(C)(C)CCCNC(=O)CC1CC2(CCCCC2)N(O)C12CCCCC2.CN=[N+]=[N-].COCCOCCOCCN=[N+]=[N-].Cn1cc(COCC(COCc2cn(C)nn2)(COCc2cn(C)nn2)COC(=O)COCCOCCOCCN=[N+]=[N-])nn1.O=C=O. The second-order valence-corrected chi connectivity index (χ2v) is 27.2. The van der Waals surface area contributed by atoms with Crippen molar-refractivity contribution < 1.29 is 91.1 Å². The van der Waals surface area contributed by atoms with Crippen LogP contribution in [0.25, 0.3) is 31.3 Å². The molecule has 115 heavy (non-hydrogen) atoms. The van der Waals surface area contributed by atoms with E-state index < -0.39 is 16.8 Å². The molecule has 0 aromatic carbocycles. The number of nitrogens with zero attached hydrogens (tertiary/aromatic N) is 19. The van der Waals surface area contributed by atoms with E-state index in [0.29, 0.717) is 94.2 Å². The Morgan fingerprint density at radius 1 is 0.583 bits per heavy atom. The number of azide groups is 3. The van der Waals surface area contributed by atoms with Crippen molar-refractivity contribution in [3.63, 3.8) is 0 Å². The van der Waals surface area contributed by atoms with Crippen LogP contribution < -0.4 is 5.32 Å². The molecule has 6 rings (SSSR count). The first-order valence-electron chi connectivity index (χ1n) is 36.3. The summed E-state index contributed by atoms with van der Waals surface area (Å²) in [5.74, 6) is 6.98. The highest BCUT2D eigenvalue weighted by Crippen LogP contribution is 2.56. The van der Waals surface area contributed by atoms with Crippen molar-refractivity contribution in [2.45, 2.75) is 179 Å². The van der Waals surface area contributed by atoms with Crippen molar-refractivity contribution in [1.82, 2.24) is 55.4 Å². The molecule has 4 heterocycles. The van der Waals surface area contributed by atoms with Crippen LogP contribution in [0.5, 0.6) is 0 Å². The summed E-state index contributed by atoms with van der Waals surface area (Å²) in [5.41, 5.74) is 23.9. The predicted octanol–water partition coefficient (Wildman–Crippen LogP) is 9.76. The lowest BCUT2D eigenvalue weighted by atomic mass is 9.71. The Bertz CT molecular complexity index is 3060. The number of terminal acetylenes is 3. The number of nitrogens with one attached hydrogen (secondary N) is 1. The number of hydrogen-bond donors (Lipinski definition) is 3. The van der Waals surface area contributed by atoms with Crippen molar-refractivity contribution in [1.29, 1.82) is 0 Å². The van der Waals surface area contributed by atoms with Crippen molar-refractivity contribution in [3.05, 3.63) is 67.0 Å². The average molecular weight is 1640 g/mol. The number of aromatic nitrogens is 9. The molecule has 2 saturated carbocycles. The van der Waals surface area contributed by atoms with Gasteiger partial charge in [-0.25, -0.2) is 4.79 Å². The molecule has 1 aliphatic heterocycles. The van der Waals surface area contributed by atoms with E-state index >= 15 is 0 Å². The Labute approximate surface area is 682 Å². The largest absolute Gasteiger partial charge is 0.463 e. The highest BCUT2D eigenvalue weighted by molar-refractivity contribution is 5.76. The minimum atomic E-state index is -0.913. The number of hydrogen-bond acceptors (Lipinski definition) is 29. The van der Waals surface area contributed by atoms with Gasteiger partial charge in [0.25, 0.3) is 0 Å². The molecule has 1 amide bonds. The summed E-state index contributed by atoms with van der Waals surface area (Å²) in [5, 5.41) is 59.4. The van der Waals surface area contributed by atoms with Crippen molar-refractivity contribution >= 4 is 18.0 Å². The normalized spacial score (nSPS) is 14.0. The second-order valence-electron chi connectivity index (χ2n) is 27.2. The fourth-order valence-electron chi connectivity index (χ4n) is 11.8. The average Bonchev–Trinajstić information content (AvgIpc) is 1.57. The third kappa shape index (κ3) is 53.6. The van der Waals surface area contributed by atoms with Crippen LogP contribution in [0.15, 0.2) is 33.9 Å². The van der Waals surface area contributed by atoms with Gasteiger partial charge in [0.15, 0.2) is 0 Å². The van der Waals surface area contributed by atoms with Crippen LogP contribution in [0.3, 0.4) is 0 Å². The van der Waals surface area contributed by atoms with Gasteiger partial charge in [-0.05, 0) is 72.9 Å². The van der Waals surface area contributed by atoms with Crippen molar-refractivity contribution in [3.8, 4) is 37.0 Å². The fraction of sp³-hybridized carbons (Fsp3) is 0.803. The van der Waals surface area contributed by atoms with E-state index in [9.17, 15) is 19.9 Å². The summed E-state index contributed by atoms with van der Waals surface area (Å²) >= 11 is 0. The van der Waals surface area contributed by atoms with Crippen LogP contribution in [-0.4, -0.2) is 269 Å². The minimum absolute atomic E-state index is 0. The van der Waals surface area contributed by atoms with E-state index in [4.69, 9.17) is 107 Å². The quantitative estimate of drug-likeness (QED) is 0.0118. The van der Waals surface area contributed by atoms with E-state index in [1.807, 2.05) is 5.06 Å². The lowest BCUT2D eigenvalue weighted by Crippen LogP contribution is -2.55. The zero-order chi connectivity index (χ0) is 81.3. The van der Waals surface area contributed by atoms with Gasteiger partial charge in [-0.2, -0.15) is 14.7 Å². The van der Waals surface area contributed by atoms with Gasteiger partial charge in [0.1, 0.15) is 50.1 Å². The summed E-state index contributed by atoms with van der Waals surface area (Å²) < 4.78 is 75.1. The second kappa shape index (κ2) is 72.2. The minimum Gasteiger partial charge on any atom is -0.463 e. The maximum atomic E-state index is 12.7. The van der Waals surface area contributed by atoms with Crippen LogP contribution in [0, 0.1) is 59.2 Å². The number of carbonyl (C=O) groups excluding carboxylic acids is 4. The lowest BCUT2D eigenvalue weighted by molar-refractivity contribution is -0.232. The van der Waals surface area contributed by atoms with Gasteiger partial charge in [-0.3, -0.25) is 18.8 Å². The first-order valence-corrected chi connectivity index (χ1v) is 36.3. The highest BCUT2D eigenvalue weighted by Gasteiger charge is 2.60. The molecule has 39 nitrogen and oxygen atoms in total. The number of hydroxylamine groups is 2. The Kier molecular flexibility index (Phi) is 72.4. The number of esters is 1. The standard InChI is InChI=1S/C25H40N12O8.C23H42N2O2.C14H18O4.C7H15N3O3.CH3N3.CO2.5CH4/c1-35-10-21(28-32-35)13-42-17-25(18-43-14-22-11-36(2)33-29-22,19-44-15-23-12-37(3)34-30-23)20-45-24(38)16-41-9-8-40-7-6-39-5-4-27-31-26;1-21(2,3)11-10-16-24-20(26)17-19-18-22(12-6-4-7-13-22)25(27)23(19)14-8-5-9-15-23;1-4-7-16-11-14(10-15,12-17-8-5-2)13-18-9-6-3;1-11-4-5-13-7-6-12-3-2-9-10-8;1-3-4-2;2-1-3;;;;;/h10-12H,4-9,13-20H2,1-3H3;19,27H,4-18H2,1-3H3,(H,24,26);1-3,15H,7-13H2;2-7H2,1H3;1H3;;5*1H4. The Morgan fingerprint density at radius 3 is 1.32 bits per heavy atom. The molecule has 3 aliphatic rings. The van der Waals surface area contributed by atoms with Crippen LogP contribution in [-0.2, 0) is 122 Å². The Balaban J connectivity index is -0.000000491. The molecule has 0 bridgehead atoms.